The van der Waals surface area contributed by atoms with Crippen LogP contribution in [0.1, 0.15) is 10.4 Å². The first kappa shape index (κ1) is 10.6. The molecule has 0 aliphatic heterocycles. The second kappa shape index (κ2) is 3.73. The van der Waals surface area contributed by atoms with Gasteiger partial charge in [0.15, 0.2) is 5.76 Å². The highest BCUT2D eigenvalue weighted by Gasteiger charge is 2.19. The van der Waals surface area contributed by atoms with Gasteiger partial charge in [-0.05, 0) is 12.1 Å². The first-order valence-electron chi connectivity index (χ1n) is 5.41. The van der Waals surface area contributed by atoms with E-state index >= 15 is 0 Å². The molecular weight excluding hydrogens is 232 g/mol. The number of carboxylic acid groups (broad SMARTS) is 1. The number of aromatic carboxylic acids is 1. The molecule has 0 atom stereocenters. The fraction of sp³-hybridized carbons (Fsp3) is 0.0769. The Labute approximate surface area is 102 Å². The van der Waals surface area contributed by atoms with Gasteiger partial charge in [0.1, 0.15) is 16.8 Å². The summed E-state index contributed by atoms with van der Waals surface area (Å²) < 4.78 is 7.16. The Morgan fingerprint density at radius 3 is 2.89 bits per heavy atom. The van der Waals surface area contributed by atoms with E-state index in [4.69, 9.17) is 9.52 Å². The van der Waals surface area contributed by atoms with Gasteiger partial charge in [-0.15, -0.1) is 0 Å². The maximum Gasteiger partial charge on any atom is 0.339 e. The number of furan rings is 1. The van der Waals surface area contributed by atoms with Gasteiger partial charge in [0.25, 0.3) is 0 Å². The molecule has 3 aromatic rings. The van der Waals surface area contributed by atoms with Gasteiger partial charge in [-0.3, -0.25) is 4.68 Å². The summed E-state index contributed by atoms with van der Waals surface area (Å²) in [6.45, 7) is 0. The molecule has 0 fully saturated rings. The van der Waals surface area contributed by atoms with E-state index < -0.39 is 5.97 Å². The standard InChI is InChI=1S/C13H10N2O3/c1-15-12(9(7-14-15)13(16)17)11-6-8-4-2-3-5-10(8)18-11/h2-7H,1H3,(H,16,17). The minimum absolute atomic E-state index is 0.136. The number of fused-ring (bicyclic) bond motifs is 1. The van der Waals surface area contributed by atoms with Crippen LogP contribution < -0.4 is 0 Å². The lowest BCUT2D eigenvalue weighted by atomic mass is 10.2. The van der Waals surface area contributed by atoms with Crippen molar-refractivity contribution >= 4 is 16.9 Å². The Bertz CT molecular complexity index is 707. The van der Waals surface area contributed by atoms with Crippen molar-refractivity contribution in [2.75, 3.05) is 0 Å². The first-order valence-corrected chi connectivity index (χ1v) is 5.41. The molecule has 0 aliphatic rings. The highest BCUT2D eigenvalue weighted by Crippen LogP contribution is 2.29. The minimum atomic E-state index is -1.02. The Morgan fingerprint density at radius 2 is 2.17 bits per heavy atom. The molecule has 18 heavy (non-hydrogen) atoms. The third kappa shape index (κ3) is 1.48. The Kier molecular flexibility index (Phi) is 2.19. The summed E-state index contributed by atoms with van der Waals surface area (Å²) in [4.78, 5) is 11.1. The van der Waals surface area contributed by atoms with Crippen molar-refractivity contribution in [1.82, 2.24) is 9.78 Å². The molecule has 0 unspecified atom stereocenters. The van der Waals surface area contributed by atoms with Crippen LogP contribution in [-0.4, -0.2) is 20.9 Å². The van der Waals surface area contributed by atoms with E-state index in [1.807, 2.05) is 30.3 Å². The summed E-state index contributed by atoms with van der Waals surface area (Å²) in [7, 11) is 1.69. The Balaban J connectivity index is 2.25. The number of para-hydroxylation sites is 1. The SMILES string of the molecule is Cn1ncc(C(=O)O)c1-c1cc2ccccc2o1. The third-order valence-electron chi connectivity index (χ3n) is 2.83. The molecule has 2 aromatic heterocycles. The van der Waals surface area contributed by atoms with Crippen LogP contribution in [0.2, 0.25) is 0 Å². The number of carbonyl (C=O) groups is 1. The molecular formula is C13H10N2O3. The summed E-state index contributed by atoms with van der Waals surface area (Å²) in [6, 6.07) is 9.35. The van der Waals surface area contributed by atoms with Crippen molar-refractivity contribution in [2.45, 2.75) is 0 Å². The fourth-order valence-corrected chi connectivity index (χ4v) is 1.98. The second-order valence-corrected chi connectivity index (χ2v) is 3.98. The predicted octanol–water partition coefficient (Wildman–Crippen LogP) is 2.53. The van der Waals surface area contributed by atoms with Gasteiger partial charge in [0.05, 0.1) is 6.20 Å². The molecule has 5 heteroatoms. The van der Waals surface area contributed by atoms with E-state index in [1.54, 1.807) is 7.05 Å². The normalized spacial score (nSPS) is 10.9. The van der Waals surface area contributed by atoms with E-state index in [0.717, 1.165) is 11.0 Å². The number of hydrogen-bond donors (Lipinski definition) is 1. The van der Waals surface area contributed by atoms with Crippen molar-refractivity contribution in [3.8, 4) is 11.5 Å². The van der Waals surface area contributed by atoms with Crippen LogP contribution in [0.25, 0.3) is 22.4 Å². The number of benzene rings is 1. The van der Waals surface area contributed by atoms with Crippen molar-refractivity contribution in [2.24, 2.45) is 7.05 Å². The minimum Gasteiger partial charge on any atom is -0.478 e. The van der Waals surface area contributed by atoms with Crippen LogP contribution in [0, 0.1) is 0 Å². The molecule has 0 radical (unpaired) electrons. The number of aryl methyl sites for hydroxylation is 1. The van der Waals surface area contributed by atoms with Crippen LogP contribution in [0.4, 0.5) is 0 Å². The van der Waals surface area contributed by atoms with Crippen molar-refractivity contribution in [3.63, 3.8) is 0 Å². The zero-order chi connectivity index (χ0) is 12.7. The largest absolute Gasteiger partial charge is 0.478 e. The summed E-state index contributed by atoms with van der Waals surface area (Å²) in [5.74, 6) is -0.507. The lowest BCUT2D eigenvalue weighted by molar-refractivity contribution is 0.0697. The van der Waals surface area contributed by atoms with Gasteiger partial charge < -0.3 is 9.52 Å². The van der Waals surface area contributed by atoms with Crippen molar-refractivity contribution in [1.29, 1.82) is 0 Å². The maximum atomic E-state index is 11.1. The average Bonchev–Trinajstić information content (AvgIpc) is 2.91. The molecule has 1 N–H and O–H groups in total. The number of hydrogen-bond acceptors (Lipinski definition) is 3. The molecule has 2 heterocycles. The quantitative estimate of drug-likeness (QED) is 0.749. The highest BCUT2D eigenvalue weighted by atomic mass is 16.4. The molecule has 0 amide bonds. The molecule has 0 saturated carbocycles. The average molecular weight is 242 g/mol. The van der Waals surface area contributed by atoms with E-state index in [1.165, 1.54) is 10.9 Å². The number of carboxylic acids is 1. The van der Waals surface area contributed by atoms with Gasteiger partial charge in [0.2, 0.25) is 0 Å². The zero-order valence-corrected chi connectivity index (χ0v) is 9.62. The molecule has 3 rings (SSSR count). The van der Waals surface area contributed by atoms with Gasteiger partial charge >= 0.3 is 5.97 Å². The monoisotopic (exact) mass is 242 g/mol. The summed E-state index contributed by atoms with van der Waals surface area (Å²) in [5, 5.41) is 14.0. The smallest absolute Gasteiger partial charge is 0.339 e. The van der Waals surface area contributed by atoms with Gasteiger partial charge in [-0.2, -0.15) is 5.10 Å². The van der Waals surface area contributed by atoms with Crippen molar-refractivity contribution in [3.05, 3.63) is 42.1 Å². The first-order chi connectivity index (χ1) is 8.66. The summed E-state index contributed by atoms with van der Waals surface area (Å²) in [6.07, 6.45) is 1.32. The van der Waals surface area contributed by atoms with Gasteiger partial charge in [-0.1, -0.05) is 18.2 Å². The number of rotatable bonds is 2. The summed E-state index contributed by atoms with van der Waals surface area (Å²) >= 11 is 0. The van der Waals surface area contributed by atoms with E-state index in [9.17, 15) is 4.79 Å². The van der Waals surface area contributed by atoms with E-state index in [2.05, 4.69) is 5.10 Å². The van der Waals surface area contributed by atoms with E-state index in [0.29, 0.717) is 11.5 Å². The fourth-order valence-electron chi connectivity index (χ4n) is 1.98. The number of aromatic nitrogens is 2. The molecule has 1 aromatic carbocycles. The lowest BCUT2D eigenvalue weighted by Gasteiger charge is -1.99. The molecule has 90 valence electrons. The lowest BCUT2D eigenvalue weighted by Crippen LogP contribution is -1.99. The zero-order valence-electron chi connectivity index (χ0n) is 9.62. The summed E-state index contributed by atoms with van der Waals surface area (Å²) in [5.41, 5.74) is 1.33. The van der Waals surface area contributed by atoms with Gasteiger partial charge in [0, 0.05) is 12.4 Å². The molecule has 0 bridgehead atoms. The second-order valence-electron chi connectivity index (χ2n) is 3.98. The Morgan fingerprint density at radius 1 is 1.39 bits per heavy atom. The molecule has 0 aliphatic carbocycles. The highest BCUT2D eigenvalue weighted by molar-refractivity contribution is 5.95. The maximum absolute atomic E-state index is 11.1. The van der Waals surface area contributed by atoms with Crippen molar-refractivity contribution < 1.29 is 14.3 Å². The molecule has 0 spiro atoms. The topological polar surface area (TPSA) is 68.3 Å². The molecule has 0 saturated heterocycles. The Hall–Kier alpha value is -2.56. The van der Waals surface area contributed by atoms with Gasteiger partial charge in [-0.25, -0.2) is 4.79 Å². The predicted molar refractivity (Wildman–Crippen MR) is 65.4 cm³/mol. The van der Waals surface area contributed by atoms with Crippen LogP contribution >= 0.6 is 0 Å². The van der Waals surface area contributed by atoms with Crippen LogP contribution in [0.3, 0.4) is 0 Å². The third-order valence-corrected chi connectivity index (χ3v) is 2.83. The van der Waals surface area contributed by atoms with Crippen LogP contribution in [-0.2, 0) is 7.05 Å². The van der Waals surface area contributed by atoms with Crippen LogP contribution in [0.5, 0.6) is 0 Å². The van der Waals surface area contributed by atoms with E-state index in [-0.39, 0.29) is 5.56 Å². The number of nitrogens with zero attached hydrogens (tertiary/aromatic N) is 2. The molecule has 5 nitrogen and oxygen atoms in total. The van der Waals surface area contributed by atoms with Crippen LogP contribution in [0.15, 0.2) is 40.9 Å².